The van der Waals surface area contributed by atoms with Crippen molar-refractivity contribution < 1.29 is 19.1 Å². The Bertz CT molecular complexity index is 921. The summed E-state index contributed by atoms with van der Waals surface area (Å²) in [6.07, 6.45) is 1.83. The zero-order chi connectivity index (χ0) is 18.8. The quantitative estimate of drug-likeness (QED) is 0.574. The van der Waals surface area contributed by atoms with E-state index >= 15 is 0 Å². The first-order valence-corrected chi connectivity index (χ1v) is 9.37. The number of rotatable bonds is 5. The number of nitrogens with zero attached hydrogens (tertiary/aromatic N) is 1. The number of carbonyl (C=O) groups is 2. The lowest BCUT2D eigenvalue weighted by Crippen LogP contribution is -2.43. The number of benzene rings is 1. The minimum absolute atomic E-state index is 0.230. The highest BCUT2D eigenvalue weighted by molar-refractivity contribution is 8.26. The van der Waals surface area contributed by atoms with E-state index in [1.54, 1.807) is 31.2 Å². The Morgan fingerprint density at radius 3 is 2.77 bits per heavy atom. The molecule has 0 saturated carbocycles. The van der Waals surface area contributed by atoms with Gasteiger partial charge in [-0.25, -0.2) is 4.79 Å². The van der Waals surface area contributed by atoms with Gasteiger partial charge in [-0.15, -0.1) is 0 Å². The van der Waals surface area contributed by atoms with Gasteiger partial charge in [-0.05, 0) is 30.7 Å². The van der Waals surface area contributed by atoms with Crippen molar-refractivity contribution in [1.29, 1.82) is 0 Å². The molecule has 1 aromatic carbocycles. The molecule has 1 saturated heterocycles. The number of halogens is 1. The van der Waals surface area contributed by atoms with Gasteiger partial charge in [0, 0.05) is 11.6 Å². The van der Waals surface area contributed by atoms with Crippen molar-refractivity contribution in [2.75, 3.05) is 0 Å². The van der Waals surface area contributed by atoms with Gasteiger partial charge >= 0.3 is 5.97 Å². The minimum atomic E-state index is -1.08. The van der Waals surface area contributed by atoms with E-state index in [-0.39, 0.29) is 10.7 Å². The maximum atomic E-state index is 12.6. The highest BCUT2D eigenvalue weighted by Gasteiger charge is 2.39. The second kappa shape index (κ2) is 7.65. The van der Waals surface area contributed by atoms with Crippen LogP contribution in [0.15, 0.2) is 45.7 Å². The van der Waals surface area contributed by atoms with E-state index in [0.29, 0.717) is 21.4 Å². The number of carboxylic acid groups (broad SMARTS) is 1. The van der Waals surface area contributed by atoms with Crippen LogP contribution >= 0.6 is 35.6 Å². The fourth-order valence-corrected chi connectivity index (χ4v) is 4.15. The first-order chi connectivity index (χ1) is 12.4. The van der Waals surface area contributed by atoms with E-state index in [4.69, 9.17) is 28.2 Å². The Balaban J connectivity index is 1.88. The highest BCUT2D eigenvalue weighted by atomic mass is 35.5. The summed E-state index contributed by atoms with van der Waals surface area (Å²) in [5.74, 6) is -0.466. The van der Waals surface area contributed by atoms with Gasteiger partial charge in [0.25, 0.3) is 5.91 Å². The molecule has 8 heteroatoms. The maximum Gasteiger partial charge on any atom is 0.326 e. The predicted octanol–water partition coefficient (Wildman–Crippen LogP) is 4.66. The largest absolute Gasteiger partial charge is 0.480 e. The highest BCUT2D eigenvalue weighted by Crippen LogP contribution is 2.36. The summed E-state index contributed by atoms with van der Waals surface area (Å²) in [6, 6.07) is 9.80. The summed E-state index contributed by atoms with van der Waals surface area (Å²) in [5, 5.41) is 9.85. The van der Waals surface area contributed by atoms with Crippen molar-refractivity contribution in [3.05, 3.63) is 52.1 Å². The Morgan fingerprint density at radius 2 is 2.12 bits per heavy atom. The molecule has 1 aliphatic heterocycles. The lowest BCUT2D eigenvalue weighted by Gasteiger charge is -2.21. The van der Waals surface area contributed by atoms with E-state index in [9.17, 15) is 14.7 Å². The Kier molecular flexibility index (Phi) is 5.50. The third-order valence-corrected chi connectivity index (χ3v) is 5.51. The van der Waals surface area contributed by atoms with Crippen molar-refractivity contribution in [3.8, 4) is 11.3 Å². The molecule has 0 bridgehead atoms. The molecule has 1 fully saturated rings. The molecule has 2 heterocycles. The zero-order valence-corrected chi connectivity index (χ0v) is 16.0. The van der Waals surface area contributed by atoms with Crippen LogP contribution in [-0.2, 0) is 9.59 Å². The number of carboxylic acids is 1. The van der Waals surface area contributed by atoms with Gasteiger partial charge in [0.1, 0.15) is 21.9 Å². The number of aliphatic carboxylic acids is 1. The van der Waals surface area contributed by atoms with Gasteiger partial charge in [0.05, 0.1) is 9.93 Å². The summed E-state index contributed by atoms with van der Waals surface area (Å²) in [5.41, 5.74) is 0.748. The number of hydrogen-bond acceptors (Lipinski definition) is 5. The smallest absolute Gasteiger partial charge is 0.326 e. The molecule has 0 unspecified atom stereocenters. The zero-order valence-electron chi connectivity index (χ0n) is 13.6. The Labute approximate surface area is 164 Å². The number of carbonyl (C=O) groups excluding carboxylic acids is 1. The SMILES string of the molecule is CC[C@H](C(=O)O)N1C(=O)/C(=C\c2ccc(-c3ccccc3Cl)o2)SC1=S. The molecule has 0 spiro atoms. The van der Waals surface area contributed by atoms with Crippen LogP contribution in [-0.4, -0.2) is 32.2 Å². The van der Waals surface area contributed by atoms with Crippen LogP contribution in [0.25, 0.3) is 17.4 Å². The van der Waals surface area contributed by atoms with Gasteiger partial charge < -0.3 is 9.52 Å². The normalized spacial score (nSPS) is 17.2. The Morgan fingerprint density at radius 1 is 1.38 bits per heavy atom. The topological polar surface area (TPSA) is 70.8 Å². The van der Waals surface area contributed by atoms with Crippen molar-refractivity contribution in [2.24, 2.45) is 0 Å². The van der Waals surface area contributed by atoms with Crippen molar-refractivity contribution in [3.63, 3.8) is 0 Å². The molecule has 1 atom stereocenters. The summed E-state index contributed by atoms with van der Waals surface area (Å²) < 4.78 is 5.99. The summed E-state index contributed by atoms with van der Waals surface area (Å²) in [6.45, 7) is 1.70. The first kappa shape index (κ1) is 18.7. The third-order valence-electron chi connectivity index (χ3n) is 3.85. The third kappa shape index (κ3) is 3.56. The van der Waals surface area contributed by atoms with Crippen LogP contribution in [0, 0.1) is 0 Å². The van der Waals surface area contributed by atoms with Crippen molar-refractivity contribution in [1.82, 2.24) is 4.90 Å². The first-order valence-electron chi connectivity index (χ1n) is 7.77. The van der Waals surface area contributed by atoms with Gasteiger partial charge in [-0.2, -0.15) is 0 Å². The number of amides is 1. The molecular formula is C18H14ClNO4S2. The second-order valence-corrected chi connectivity index (χ2v) is 7.58. The molecule has 2 aromatic rings. The van der Waals surface area contributed by atoms with Crippen LogP contribution in [0.5, 0.6) is 0 Å². The maximum absolute atomic E-state index is 12.6. The van der Waals surface area contributed by atoms with E-state index in [1.165, 1.54) is 0 Å². The molecule has 5 nitrogen and oxygen atoms in total. The van der Waals surface area contributed by atoms with E-state index < -0.39 is 17.9 Å². The molecule has 26 heavy (non-hydrogen) atoms. The predicted molar refractivity (Wildman–Crippen MR) is 106 cm³/mol. The molecule has 1 N–H and O–H groups in total. The molecule has 0 radical (unpaired) electrons. The number of hydrogen-bond donors (Lipinski definition) is 1. The molecule has 134 valence electrons. The number of thiocarbonyl (C=S) groups is 1. The van der Waals surface area contributed by atoms with Crippen molar-refractivity contribution in [2.45, 2.75) is 19.4 Å². The molecular weight excluding hydrogens is 394 g/mol. The average Bonchev–Trinajstić information content (AvgIpc) is 3.16. The van der Waals surface area contributed by atoms with Crippen LogP contribution in [0.3, 0.4) is 0 Å². The van der Waals surface area contributed by atoms with E-state index in [2.05, 4.69) is 0 Å². The summed E-state index contributed by atoms with van der Waals surface area (Å²) in [7, 11) is 0. The van der Waals surface area contributed by atoms with Crippen molar-refractivity contribution >= 4 is 57.9 Å². The summed E-state index contributed by atoms with van der Waals surface area (Å²) >= 11 is 12.4. The fraction of sp³-hybridized carbons (Fsp3) is 0.167. The molecule has 0 aliphatic carbocycles. The van der Waals surface area contributed by atoms with Gasteiger partial charge in [-0.1, -0.05) is 54.6 Å². The van der Waals surface area contributed by atoms with Gasteiger partial charge in [-0.3, -0.25) is 9.69 Å². The Hall–Kier alpha value is -2.09. The van der Waals surface area contributed by atoms with Crippen LogP contribution in [0.1, 0.15) is 19.1 Å². The molecule has 1 aromatic heterocycles. The lowest BCUT2D eigenvalue weighted by atomic mass is 10.2. The number of furan rings is 1. The fourth-order valence-electron chi connectivity index (χ4n) is 2.58. The molecule has 3 rings (SSSR count). The van der Waals surface area contributed by atoms with Gasteiger partial charge in [0.2, 0.25) is 0 Å². The monoisotopic (exact) mass is 407 g/mol. The van der Waals surface area contributed by atoms with Gasteiger partial charge in [0.15, 0.2) is 0 Å². The van der Waals surface area contributed by atoms with E-state index in [1.807, 2.05) is 18.2 Å². The van der Waals surface area contributed by atoms with E-state index in [0.717, 1.165) is 22.2 Å². The van der Waals surface area contributed by atoms with Crippen LogP contribution in [0.2, 0.25) is 5.02 Å². The lowest BCUT2D eigenvalue weighted by molar-refractivity contribution is -0.145. The van der Waals surface area contributed by atoms with Crippen LogP contribution < -0.4 is 0 Å². The molecule has 1 amide bonds. The van der Waals surface area contributed by atoms with Crippen LogP contribution in [0.4, 0.5) is 0 Å². The summed E-state index contributed by atoms with van der Waals surface area (Å²) in [4.78, 5) is 25.4. The average molecular weight is 408 g/mol. The second-order valence-electron chi connectivity index (χ2n) is 5.50. The number of thioether (sulfide) groups is 1. The minimum Gasteiger partial charge on any atom is -0.480 e. The standard InChI is InChI=1S/C18H14ClNO4S2/c1-2-13(17(22)23)20-16(21)15(26-18(20)25)9-10-7-8-14(24-10)11-5-3-4-6-12(11)19/h3-9,13H,2H2,1H3,(H,22,23)/b15-9+/t13-/m1/s1. The molecule has 1 aliphatic rings.